The van der Waals surface area contributed by atoms with Crippen LogP contribution < -0.4 is 20.1 Å². The Kier molecular flexibility index (Phi) is 5.99. The number of fused-ring (bicyclic) bond motifs is 1. The highest BCUT2D eigenvalue weighted by atomic mass is 32.2. The molecule has 30 heavy (non-hydrogen) atoms. The second-order valence-electron chi connectivity index (χ2n) is 6.53. The van der Waals surface area contributed by atoms with Gasteiger partial charge in [0.25, 0.3) is 5.69 Å². The predicted molar refractivity (Wildman–Crippen MR) is 105 cm³/mol. The van der Waals surface area contributed by atoms with E-state index in [-0.39, 0.29) is 35.3 Å². The van der Waals surface area contributed by atoms with Crippen molar-refractivity contribution in [2.75, 3.05) is 24.5 Å². The molecule has 0 aliphatic carbocycles. The van der Waals surface area contributed by atoms with Crippen LogP contribution in [0.2, 0.25) is 0 Å². The number of nitrogens with zero attached hydrogens (tertiary/aromatic N) is 2. The molecule has 1 amide bonds. The maximum Gasteiger partial charge on any atom is 0.331 e. The quantitative estimate of drug-likeness (QED) is 0.272. The van der Waals surface area contributed by atoms with Crippen LogP contribution >= 0.6 is 0 Å². The molecular weight excluding hydrogens is 416 g/mol. The van der Waals surface area contributed by atoms with Gasteiger partial charge >= 0.3 is 5.97 Å². The maximum atomic E-state index is 12.3. The summed E-state index contributed by atoms with van der Waals surface area (Å²) >= 11 is 0. The molecule has 11 nitrogen and oxygen atoms in total. The summed E-state index contributed by atoms with van der Waals surface area (Å²) in [6, 6.07) is 9.84. The third kappa shape index (κ3) is 5.10. The van der Waals surface area contributed by atoms with E-state index in [1.165, 1.54) is 29.2 Å². The van der Waals surface area contributed by atoms with E-state index in [1.54, 1.807) is 12.1 Å². The van der Waals surface area contributed by atoms with Gasteiger partial charge in [0, 0.05) is 12.6 Å². The van der Waals surface area contributed by atoms with Crippen LogP contribution in [0.5, 0.6) is 5.75 Å². The number of non-ortho nitro benzene ring substituents is 1. The van der Waals surface area contributed by atoms with E-state index in [9.17, 15) is 28.1 Å². The van der Waals surface area contributed by atoms with Crippen LogP contribution in [-0.2, 0) is 26.0 Å². The molecule has 0 atom stereocenters. The van der Waals surface area contributed by atoms with Gasteiger partial charge in [-0.15, -0.1) is 0 Å². The average Bonchev–Trinajstić information content (AvgIpc) is 2.67. The van der Waals surface area contributed by atoms with Crippen molar-refractivity contribution in [3.63, 3.8) is 0 Å². The van der Waals surface area contributed by atoms with E-state index in [0.29, 0.717) is 18.7 Å². The molecule has 1 aliphatic heterocycles. The smallest absolute Gasteiger partial charge is 0.331 e. The lowest BCUT2D eigenvalue weighted by molar-refractivity contribution is -0.384. The number of carbonyl (C=O) groups is 2. The second-order valence-corrected chi connectivity index (χ2v) is 8.09. The number of esters is 1. The lowest BCUT2D eigenvalue weighted by Gasteiger charge is -2.28. The molecule has 0 saturated carbocycles. The number of sulfonamides is 1. The molecule has 3 N–H and O–H groups in total. The number of hydrogen-bond donors (Lipinski definition) is 2. The Morgan fingerprint density at radius 3 is 2.57 bits per heavy atom. The molecule has 2 aromatic carbocycles. The van der Waals surface area contributed by atoms with Gasteiger partial charge in [0.1, 0.15) is 6.54 Å². The minimum absolute atomic E-state index is 0.00571. The fraction of sp³-hybridized carbons (Fsp3) is 0.222. The Hall–Kier alpha value is -3.51. The highest BCUT2D eigenvalue weighted by Crippen LogP contribution is 2.34. The van der Waals surface area contributed by atoms with Crippen molar-refractivity contribution in [1.29, 1.82) is 0 Å². The number of primary sulfonamides is 1. The minimum atomic E-state index is -3.76. The van der Waals surface area contributed by atoms with Crippen molar-refractivity contribution < 1.29 is 27.7 Å². The van der Waals surface area contributed by atoms with Crippen LogP contribution in [0.4, 0.5) is 11.4 Å². The fourth-order valence-corrected chi connectivity index (χ4v) is 3.43. The second kappa shape index (κ2) is 8.47. The molecule has 158 valence electrons. The first-order valence-electron chi connectivity index (χ1n) is 8.76. The third-order valence-electron chi connectivity index (χ3n) is 4.36. The van der Waals surface area contributed by atoms with Crippen LogP contribution in [0.3, 0.4) is 0 Å². The lowest BCUT2D eigenvalue weighted by atomic mass is 10.1. The highest BCUT2D eigenvalue weighted by Gasteiger charge is 2.27. The Labute approximate surface area is 171 Å². The molecular formula is C18H18N4O7S. The SMILES string of the molecule is NS(=O)(=O)c1ccc(CCNC(=O)CN2CC(=O)Oc3cc([N+](=O)[O-])ccc32)cc1. The number of rotatable bonds is 7. The Bertz CT molecular complexity index is 1100. The largest absolute Gasteiger partial charge is 0.423 e. The highest BCUT2D eigenvalue weighted by molar-refractivity contribution is 7.89. The van der Waals surface area contributed by atoms with E-state index in [2.05, 4.69) is 5.32 Å². The van der Waals surface area contributed by atoms with Crippen molar-refractivity contribution in [3.05, 3.63) is 58.1 Å². The predicted octanol–water partition coefficient (Wildman–Crippen LogP) is 0.327. The summed E-state index contributed by atoms with van der Waals surface area (Å²) in [4.78, 5) is 35.8. The molecule has 2 aromatic rings. The van der Waals surface area contributed by atoms with Gasteiger partial charge in [-0.05, 0) is 30.2 Å². The van der Waals surface area contributed by atoms with E-state index in [4.69, 9.17) is 9.88 Å². The Morgan fingerprint density at radius 1 is 1.23 bits per heavy atom. The number of nitro benzene ring substituents is 1. The fourth-order valence-electron chi connectivity index (χ4n) is 2.92. The first-order valence-corrected chi connectivity index (χ1v) is 10.3. The van der Waals surface area contributed by atoms with Crippen molar-refractivity contribution in [2.45, 2.75) is 11.3 Å². The number of nitrogens with two attached hydrogens (primary N) is 1. The van der Waals surface area contributed by atoms with Gasteiger partial charge in [0.15, 0.2) is 5.75 Å². The normalized spacial score (nSPS) is 13.4. The first-order chi connectivity index (χ1) is 14.1. The average molecular weight is 434 g/mol. The lowest BCUT2D eigenvalue weighted by Crippen LogP contribution is -2.43. The van der Waals surface area contributed by atoms with Crippen LogP contribution in [0, 0.1) is 10.1 Å². The molecule has 0 saturated heterocycles. The number of hydrogen-bond acceptors (Lipinski definition) is 8. The molecule has 0 unspecified atom stereocenters. The van der Waals surface area contributed by atoms with Crippen molar-refractivity contribution in [3.8, 4) is 5.75 Å². The van der Waals surface area contributed by atoms with Gasteiger partial charge in [0.2, 0.25) is 15.9 Å². The van der Waals surface area contributed by atoms with E-state index >= 15 is 0 Å². The minimum Gasteiger partial charge on any atom is -0.423 e. The van der Waals surface area contributed by atoms with E-state index < -0.39 is 20.9 Å². The number of benzene rings is 2. The zero-order chi connectivity index (χ0) is 21.9. The van der Waals surface area contributed by atoms with Crippen molar-refractivity contribution in [2.24, 2.45) is 5.14 Å². The van der Waals surface area contributed by atoms with Gasteiger partial charge in [-0.25, -0.2) is 18.4 Å². The molecule has 0 fully saturated rings. The summed E-state index contributed by atoms with van der Waals surface area (Å²) in [5.74, 6) is -0.941. The summed E-state index contributed by atoms with van der Waals surface area (Å²) in [6.45, 7) is -0.00349. The molecule has 0 aromatic heterocycles. The number of nitrogens with one attached hydrogen (secondary N) is 1. The van der Waals surface area contributed by atoms with E-state index in [0.717, 1.165) is 11.6 Å². The van der Waals surface area contributed by atoms with Crippen molar-refractivity contribution >= 4 is 33.3 Å². The molecule has 0 spiro atoms. The van der Waals surface area contributed by atoms with Crippen molar-refractivity contribution in [1.82, 2.24) is 5.32 Å². The Morgan fingerprint density at radius 2 is 1.93 bits per heavy atom. The van der Waals surface area contributed by atoms with Crippen LogP contribution in [0.15, 0.2) is 47.4 Å². The zero-order valence-electron chi connectivity index (χ0n) is 15.6. The summed E-state index contributed by atoms with van der Waals surface area (Å²) < 4.78 is 27.5. The maximum absolute atomic E-state index is 12.3. The molecule has 0 bridgehead atoms. The summed E-state index contributed by atoms with van der Waals surface area (Å²) in [5.41, 5.74) is 0.997. The Balaban J connectivity index is 1.58. The number of anilines is 1. The molecule has 3 rings (SSSR count). The summed E-state index contributed by atoms with van der Waals surface area (Å²) in [7, 11) is -3.76. The number of amides is 1. The topological polar surface area (TPSA) is 162 Å². The molecule has 12 heteroatoms. The number of ether oxygens (including phenoxy) is 1. The standard InChI is InChI=1S/C18H18N4O7S/c19-30(27,28)14-4-1-12(2-5-14)7-8-20-17(23)10-21-11-18(24)29-16-9-13(22(25)26)3-6-15(16)21/h1-6,9H,7-8,10-11H2,(H,20,23)(H2,19,27,28). The first kappa shape index (κ1) is 21.2. The van der Waals surface area contributed by atoms with Gasteiger partial charge in [-0.1, -0.05) is 12.1 Å². The number of carbonyl (C=O) groups excluding carboxylic acids is 2. The summed E-state index contributed by atoms with van der Waals surface area (Å²) in [6.07, 6.45) is 0.460. The molecule has 1 heterocycles. The van der Waals surface area contributed by atoms with Crippen LogP contribution in [0.25, 0.3) is 0 Å². The number of nitro groups is 1. The van der Waals surface area contributed by atoms with Gasteiger partial charge < -0.3 is 15.0 Å². The van der Waals surface area contributed by atoms with Gasteiger partial charge in [-0.2, -0.15) is 0 Å². The van der Waals surface area contributed by atoms with Crippen LogP contribution in [-0.4, -0.2) is 44.9 Å². The monoisotopic (exact) mass is 434 g/mol. The third-order valence-corrected chi connectivity index (χ3v) is 5.29. The van der Waals surface area contributed by atoms with E-state index in [1.807, 2.05) is 0 Å². The van der Waals surface area contributed by atoms with Gasteiger partial charge in [-0.3, -0.25) is 14.9 Å². The molecule has 1 aliphatic rings. The van der Waals surface area contributed by atoms with Crippen LogP contribution in [0.1, 0.15) is 5.56 Å². The van der Waals surface area contributed by atoms with Gasteiger partial charge in [0.05, 0.1) is 28.1 Å². The molecule has 0 radical (unpaired) electrons. The summed E-state index contributed by atoms with van der Waals surface area (Å²) in [5, 5.41) is 18.6. The zero-order valence-corrected chi connectivity index (χ0v) is 16.4.